The Bertz CT molecular complexity index is 5640. The van der Waals surface area contributed by atoms with Gasteiger partial charge in [-0.2, -0.15) is 0 Å². The van der Waals surface area contributed by atoms with Gasteiger partial charge in [0, 0.05) is 95.6 Å². The number of aromatic nitrogens is 12. The minimum absolute atomic E-state index is 0.0581. The topological polar surface area (TPSA) is 338 Å². The lowest BCUT2D eigenvalue weighted by Crippen LogP contribution is -2.31. The molecule has 0 spiro atoms. The Kier molecular flexibility index (Phi) is 20.0. The molecule has 27 nitrogen and oxygen atoms in total. The van der Waals surface area contributed by atoms with Crippen LogP contribution in [0.15, 0.2) is 171 Å². The first-order chi connectivity index (χ1) is 47.9. The molecule has 518 valence electrons. The lowest BCUT2D eigenvalue weighted by Gasteiger charge is -2.20. The predicted octanol–water partition coefficient (Wildman–Crippen LogP) is 8.11. The number of fused-ring (bicyclic) bond motifs is 3. The molecule has 100 heavy (non-hydrogen) atoms. The number of sulfone groups is 3. The van der Waals surface area contributed by atoms with Crippen molar-refractivity contribution in [2.45, 2.75) is 37.9 Å². The van der Waals surface area contributed by atoms with Crippen LogP contribution in [-0.4, -0.2) is 161 Å². The molecule has 2 N–H and O–H groups in total. The SMILES string of the molecule is CCOc1cc(C(CS(C)(=O)=O)n2c(=O)[nH]c3cc(-c4nccc(CCOc5cc(C(CS(C)(=O)=O)n6c(=O)[nH]c7cc(-c8cncc(CCOc9cc(C(CS(C)(=O)=O)n%10c(=O)n(-c%11ccccc%11)c%11cc(Br)cnc%11%10)ccc9OC)c8)cnc76)ccc5OC)n4)cnc32)ccc1OC. The summed E-state index contributed by atoms with van der Waals surface area (Å²) in [5.74, 6) is 1.03. The summed E-state index contributed by atoms with van der Waals surface area (Å²) < 4.78 is 120. The van der Waals surface area contributed by atoms with E-state index in [1.165, 1.54) is 45.8 Å². The molecule has 8 aromatic heterocycles. The molecule has 12 aromatic rings. The summed E-state index contributed by atoms with van der Waals surface area (Å²) in [7, 11) is -6.67. The van der Waals surface area contributed by atoms with E-state index < -0.39 is 82.0 Å². The van der Waals surface area contributed by atoms with Crippen molar-refractivity contribution in [3.63, 3.8) is 0 Å². The number of benzene rings is 4. The van der Waals surface area contributed by atoms with Gasteiger partial charge in [-0.3, -0.25) is 23.3 Å². The first kappa shape index (κ1) is 69.4. The molecule has 0 radical (unpaired) electrons. The Labute approximate surface area is 581 Å². The molecule has 0 saturated heterocycles. The molecule has 0 bridgehead atoms. The number of hydrogen-bond donors (Lipinski definition) is 2. The molecular weight excluding hydrogens is 1410 g/mol. The third kappa shape index (κ3) is 15.2. The minimum atomic E-state index is -3.77. The highest BCUT2D eigenvalue weighted by atomic mass is 79.9. The zero-order valence-corrected chi connectivity index (χ0v) is 59.1. The van der Waals surface area contributed by atoms with Crippen LogP contribution in [0.25, 0.3) is 61.7 Å². The number of methoxy groups -OCH3 is 3. The maximum atomic E-state index is 14.5. The summed E-state index contributed by atoms with van der Waals surface area (Å²) in [6.07, 6.45) is 13.4. The molecule has 8 heterocycles. The summed E-state index contributed by atoms with van der Waals surface area (Å²) >= 11 is 3.48. The number of hydrogen-bond acceptors (Lipinski definition) is 21. The van der Waals surface area contributed by atoms with E-state index in [-0.39, 0.29) is 48.2 Å². The number of rotatable bonds is 28. The average Bonchev–Trinajstić information content (AvgIpc) is 1.60. The molecule has 0 aliphatic heterocycles. The standard InChI is InChI=1S/C69H67BrN12O15S3/c1-8-95-60-29-42(14-17-57(60)92-2)54(38-98(5,86)87)81-65-52(78-68(81)84)28-47(36-74-65)63-72-23-20-49(76-63)22-25-97-62-30-43(15-18-59(62)94-4)55(39-99(6,88)89)80-64-51(77-67(80)83)27-46(35-73-64)45-26-41(33-71-34-45)21-24-96-61-31-44(16-19-58(61)93-3)56(40-100(7,90)91)82-66-53(32-48(70)37-75-66)79(69(82)85)50-12-10-9-11-13-50/h9-20,23,26-37,54-56H,8,21-22,24-25,38-40H2,1-7H3,(H,77,83)(H,78,84). The summed E-state index contributed by atoms with van der Waals surface area (Å²) in [5, 5.41) is 0. The number of ether oxygens (including phenoxy) is 6. The van der Waals surface area contributed by atoms with Crippen LogP contribution in [-0.2, 0) is 42.4 Å². The number of aromatic amines is 2. The van der Waals surface area contributed by atoms with Gasteiger partial charge in [-0.25, -0.2) is 64.6 Å². The van der Waals surface area contributed by atoms with Crippen molar-refractivity contribution in [2.75, 3.05) is 77.2 Å². The van der Waals surface area contributed by atoms with E-state index in [9.17, 15) is 39.6 Å². The Balaban J connectivity index is 0.752. The molecule has 0 aliphatic rings. The highest BCUT2D eigenvalue weighted by Crippen LogP contribution is 2.38. The van der Waals surface area contributed by atoms with Crippen molar-refractivity contribution in [1.29, 1.82) is 0 Å². The molecule has 0 aliphatic carbocycles. The fourth-order valence-corrected chi connectivity index (χ4v) is 15.1. The number of imidazole rings is 3. The van der Waals surface area contributed by atoms with Crippen LogP contribution in [0.3, 0.4) is 0 Å². The van der Waals surface area contributed by atoms with Crippen molar-refractivity contribution in [1.82, 2.24) is 58.1 Å². The summed E-state index contributed by atoms with van der Waals surface area (Å²) in [5.41, 5.74) is 5.03. The second-order valence-electron chi connectivity index (χ2n) is 23.7. The summed E-state index contributed by atoms with van der Waals surface area (Å²) in [6, 6.07) is 29.6. The maximum Gasteiger partial charge on any atom is 0.335 e. The van der Waals surface area contributed by atoms with Gasteiger partial charge in [-0.15, -0.1) is 0 Å². The number of H-pyrrole nitrogens is 2. The van der Waals surface area contributed by atoms with E-state index in [0.29, 0.717) is 108 Å². The molecule has 0 amide bonds. The monoisotopic (exact) mass is 1480 g/mol. The van der Waals surface area contributed by atoms with Gasteiger partial charge in [0.1, 0.15) is 29.5 Å². The maximum absolute atomic E-state index is 14.5. The second-order valence-corrected chi connectivity index (χ2v) is 31.2. The van der Waals surface area contributed by atoms with Crippen LogP contribution in [0.4, 0.5) is 0 Å². The van der Waals surface area contributed by atoms with Crippen molar-refractivity contribution in [3.8, 4) is 62.7 Å². The van der Waals surface area contributed by atoms with Gasteiger partial charge in [-0.1, -0.05) is 36.4 Å². The molecule has 3 atom stereocenters. The molecule has 3 unspecified atom stereocenters. The first-order valence-corrected chi connectivity index (χ1v) is 38.1. The van der Waals surface area contributed by atoms with E-state index >= 15 is 0 Å². The van der Waals surface area contributed by atoms with Crippen LogP contribution in [0.1, 0.15) is 53.0 Å². The average molecular weight is 1480 g/mol. The Morgan fingerprint density at radius 3 is 1.52 bits per heavy atom. The molecular formula is C69H67BrN12O15S3. The Hall–Kier alpha value is -10.5. The molecule has 4 aromatic carbocycles. The van der Waals surface area contributed by atoms with Gasteiger partial charge < -0.3 is 38.4 Å². The third-order valence-electron chi connectivity index (χ3n) is 16.5. The van der Waals surface area contributed by atoms with Crippen molar-refractivity contribution in [2.24, 2.45) is 0 Å². The van der Waals surface area contributed by atoms with Crippen LogP contribution < -0.4 is 45.5 Å². The quantitative estimate of drug-likeness (QED) is 0.0467. The van der Waals surface area contributed by atoms with Crippen LogP contribution in [0.5, 0.6) is 34.5 Å². The normalized spacial score (nSPS) is 13.0. The zero-order valence-electron chi connectivity index (χ0n) is 55.0. The Morgan fingerprint density at radius 1 is 0.500 bits per heavy atom. The van der Waals surface area contributed by atoms with Gasteiger partial charge in [0.15, 0.2) is 57.3 Å². The lowest BCUT2D eigenvalue weighted by atomic mass is 10.1. The van der Waals surface area contributed by atoms with Gasteiger partial charge in [0.05, 0.1) is 98.8 Å². The van der Waals surface area contributed by atoms with E-state index in [1.54, 1.807) is 141 Å². The van der Waals surface area contributed by atoms with Gasteiger partial charge in [0.25, 0.3) is 0 Å². The van der Waals surface area contributed by atoms with Crippen molar-refractivity contribution < 1.29 is 53.7 Å². The van der Waals surface area contributed by atoms with E-state index in [1.807, 2.05) is 12.1 Å². The van der Waals surface area contributed by atoms with Gasteiger partial charge in [-0.05, 0) is 124 Å². The fourth-order valence-electron chi connectivity index (χ4n) is 12.1. The largest absolute Gasteiger partial charge is 0.493 e. The van der Waals surface area contributed by atoms with E-state index in [4.69, 9.17) is 38.4 Å². The summed E-state index contributed by atoms with van der Waals surface area (Å²) in [4.78, 5) is 75.8. The predicted molar refractivity (Wildman–Crippen MR) is 380 cm³/mol. The lowest BCUT2D eigenvalue weighted by molar-refractivity contribution is 0.296. The van der Waals surface area contributed by atoms with Gasteiger partial charge >= 0.3 is 17.1 Å². The highest BCUT2D eigenvalue weighted by molar-refractivity contribution is 9.10. The zero-order chi connectivity index (χ0) is 70.8. The molecule has 31 heteroatoms. The summed E-state index contributed by atoms with van der Waals surface area (Å²) in [6.45, 7) is 2.30. The number of nitrogens with zero attached hydrogens (tertiary/aromatic N) is 10. The van der Waals surface area contributed by atoms with Crippen molar-refractivity contribution in [3.05, 3.63) is 216 Å². The smallest absolute Gasteiger partial charge is 0.335 e. The first-order valence-electron chi connectivity index (χ1n) is 31.1. The Morgan fingerprint density at radius 2 is 0.990 bits per heavy atom. The molecule has 0 fully saturated rings. The fraction of sp³-hybridized carbons (Fsp3) is 0.261. The minimum Gasteiger partial charge on any atom is -0.493 e. The third-order valence-corrected chi connectivity index (χ3v) is 19.7. The second kappa shape index (κ2) is 28.8. The molecule has 12 rings (SSSR count). The van der Waals surface area contributed by atoms with Crippen LogP contribution in [0.2, 0.25) is 0 Å². The van der Waals surface area contributed by atoms with E-state index in [0.717, 1.165) is 24.3 Å². The van der Waals surface area contributed by atoms with Crippen LogP contribution in [0, 0.1) is 0 Å². The number of halogens is 1. The number of nitrogens with one attached hydrogen (secondary N) is 2. The van der Waals surface area contributed by atoms with Crippen molar-refractivity contribution >= 4 is 78.9 Å². The molecule has 0 saturated carbocycles. The van der Waals surface area contributed by atoms with Gasteiger partial charge in [0.2, 0.25) is 0 Å². The van der Waals surface area contributed by atoms with E-state index in [2.05, 4.69) is 45.8 Å². The highest BCUT2D eigenvalue weighted by Gasteiger charge is 2.31. The van der Waals surface area contributed by atoms with Crippen LogP contribution >= 0.6 is 15.9 Å². The number of para-hydroxylation sites is 1. The number of pyridine rings is 4.